The highest BCUT2D eigenvalue weighted by atomic mass is 32.2. The Labute approximate surface area is 165 Å². The maximum Gasteiger partial charge on any atom is 0.264 e. The Balaban J connectivity index is 1.95. The van der Waals surface area contributed by atoms with E-state index in [9.17, 15) is 13.2 Å². The second-order valence-electron chi connectivity index (χ2n) is 6.26. The van der Waals surface area contributed by atoms with Crippen molar-refractivity contribution in [3.63, 3.8) is 0 Å². The Kier molecular flexibility index (Phi) is 6.11. The first-order valence-corrected chi connectivity index (χ1v) is 10.5. The summed E-state index contributed by atoms with van der Waals surface area (Å²) >= 11 is 0. The molecule has 0 spiro atoms. The molecule has 0 saturated heterocycles. The number of nitrogens with zero attached hydrogens (tertiary/aromatic N) is 1. The molecule has 5 nitrogen and oxygen atoms in total. The van der Waals surface area contributed by atoms with Gasteiger partial charge in [0.25, 0.3) is 10.0 Å². The number of anilines is 2. The molecule has 0 unspecified atom stereocenters. The zero-order valence-corrected chi connectivity index (χ0v) is 16.4. The third kappa shape index (κ3) is 4.58. The molecule has 3 rings (SSSR count). The minimum absolute atomic E-state index is 0.120. The molecule has 0 saturated carbocycles. The minimum Gasteiger partial charge on any atom is -0.326 e. The minimum atomic E-state index is -3.78. The van der Waals surface area contributed by atoms with E-state index in [0.29, 0.717) is 17.8 Å². The summed E-state index contributed by atoms with van der Waals surface area (Å²) in [4.78, 5) is 11.7. The fourth-order valence-corrected chi connectivity index (χ4v) is 4.20. The molecule has 0 aliphatic heterocycles. The van der Waals surface area contributed by atoms with Gasteiger partial charge in [-0.25, -0.2) is 8.42 Å². The van der Waals surface area contributed by atoms with E-state index in [1.54, 1.807) is 31.2 Å². The second kappa shape index (κ2) is 8.71. The maximum absolute atomic E-state index is 13.4. The van der Waals surface area contributed by atoms with Crippen LogP contribution >= 0.6 is 0 Å². The molecule has 0 atom stereocenters. The van der Waals surface area contributed by atoms with Crippen molar-refractivity contribution in [1.29, 1.82) is 0 Å². The summed E-state index contributed by atoms with van der Waals surface area (Å²) in [5.74, 6) is -0.120. The van der Waals surface area contributed by atoms with E-state index in [4.69, 9.17) is 0 Å². The predicted octanol–water partition coefficient (Wildman–Crippen LogP) is 4.43. The van der Waals surface area contributed by atoms with E-state index in [1.807, 2.05) is 48.5 Å². The average Bonchev–Trinajstić information content (AvgIpc) is 2.73. The lowest BCUT2D eigenvalue weighted by atomic mass is 10.2. The molecule has 3 aromatic rings. The van der Waals surface area contributed by atoms with Crippen LogP contribution < -0.4 is 9.62 Å². The second-order valence-corrected chi connectivity index (χ2v) is 8.12. The number of carbonyl (C=O) groups is 1. The van der Waals surface area contributed by atoms with Gasteiger partial charge in [0.15, 0.2) is 0 Å². The Bertz CT molecular complexity index is 1020. The number of amides is 1. The molecule has 0 aromatic heterocycles. The number of rotatable bonds is 7. The number of sulfonamides is 1. The van der Waals surface area contributed by atoms with Crippen LogP contribution in [-0.2, 0) is 21.4 Å². The number of para-hydroxylation sites is 1. The van der Waals surface area contributed by atoms with Gasteiger partial charge in [0.1, 0.15) is 0 Å². The third-order valence-corrected chi connectivity index (χ3v) is 6.05. The first kappa shape index (κ1) is 19.6. The van der Waals surface area contributed by atoms with Gasteiger partial charge in [-0.1, -0.05) is 55.5 Å². The van der Waals surface area contributed by atoms with Gasteiger partial charge in [0.05, 0.1) is 17.1 Å². The highest BCUT2D eigenvalue weighted by molar-refractivity contribution is 7.92. The summed E-state index contributed by atoms with van der Waals surface area (Å²) in [6.45, 7) is 1.98. The highest BCUT2D eigenvalue weighted by Gasteiger charge is 2.25. The molecule has 1 amide bonds. The van der Waals surface area contributed by atoms with Crippen LogP contribution in [-0.4, -0.2) is 14.3 Å². The van der Waals surface area contributed by atoms with E-state index in [1.165, 1.54) is 16.4 Å². The van der Waals surface area contributed by atoms with Crippen molar-refractivity contribution in [2.45, 2.75) is 24.8 Å². The van der Waals surface area contributed by atoms with Crippen molar-refractivity contribution in [3.05, 3.63) is 90.5 Å². The third-order valence-electron chi connectivity index (χ3n) is 4.26. The number of hydrogen-bond donors (Lipinski definition) is 1. The van der Waals surface area contributed by atoms with Gasteiger partial charge in [-0.15, -0.1) is 0 Å². The highest BCUT2D eigenvalue weighted by Crippen LogP contribution is 2.26. The predicted molar refractivity (Wildman–Crippen MR) is 112 cm³/mol. The van der Waals surface area contributed by atoms with E-state index < -0.39 is 10.0 Å². The molecule has 144 valence electrons. The molecule has 3 aromatic carbocycles. The van der Waals surface area contributed by atoms with Crippen LogP contribution in [0.4, 0.5) is 11.4 Å². The lowest BCUT2D eigenvalue weighted by molar-refractivity contribution is -0.115. The van der Waals surface area contributed by atoms with Crippen LogP contribution in [0, 0.1) is 0 Å². The van der Waals surface area contributed by atoms with E-state index >= 15 is 0 Å². The maximum atomic E-state index is 13.4. The van der Waals surface area contributed by atoms with Crippen LogP contribution in [0.5, 0.6) is 0 Å². The molecule has 0 bridgehead atoms. The first-order valence-electron chi connectivity index (χ1n) is 9.02. The Morgan fingerprint density at radius 1 is 0.857 bits per heavy atom. The van der Waals surface area contributed by atoms with Gasteiger partial charge in [-0.05, 0) is 42.0 Å². The Morgan fingerprint density at radius 3 is 2.00 bits per heavy atom. The molecule has 0 aliphatic rings. The van der Waals surface area contributed by atoms with E-state index in [-0.39, 0.29) is 17.3 Å². The van der Waals surface area contributed by atoms with Crippen LogP contribution in [0.3, 0.4) is 0 Å². The standard InChI is InChI=1S/C22H22N2O3S/c1-2-22(25)23-19-13-15-21(16-14-19)28(26,27)24(20-11-7-4-8-12-20)17-18-9-5-3-6-10-18/h3-16H,2,17H2,1H3,(H,23,25). The van der Waals surface area contributed by atoms with Crippen LogP contribution in [0.1, 0.15) is 18.9 Å². The molecule has 28 heavy (non-hydrogen) atoms. The lowest BCUT2D eigenvalue weighted by Gasteiger charge is -2.25. The van der Waals surface area contributed by atoms with Crippen molar-refractivity contribution >= 4 is 27.3 Å². The molecular formula is C22H22N2O3S. The SMILES string of the molecule is CCC(=O)Nc1ccc(S(=O)(=O)N(Cc2ccccc2)c2ccccc2)cc1. The molecule has 0 aliphatic carbocycles. The van der Waals surface area contributed by atoms with Crippen molar-refractivity contribution < 1.29 is 13.2 Å². The van der Waals surface area contributed by atoms with Gasteiger partial charge < -0.3 is 5.32 Å². The van der Waals surface area contributed by atoms with Crippen LogP contribution in [0.25, 0.3) is 0 Å². The number of benzene rings is 3. The smallest absolute Gasteiger partial charge is 0.264 e. The van der Waals surface area contributed by atoms with Gasteiger partial charge in [-0.2, -0.15) is 0 Å². The summed E-state index contributed by atoms with van der Waals surface area (Å²) in [5.41, 5.74) is 2.05. The quantitative estimate of drug-likeness (QED) is 0.645. The lowest BCUT2D eigenvalue weighted by Crippen LogP contribution is -2.30. The fraction of sp³-hybridized carbons (Fsp3) is 0.136. The number of nitrogens with one attached hydrogen (secondary N) is 1. The Hall–Kier alpha value is -3.12. The van der Waals surface area contributed by atoms with E-state index in [2.05, 4.69) is 5.32 Å². The molecule has 0 heterocycles. The molecule has 1 N–H and O–H groups in total. The van der Waals surface area contributed by atoms with Gasteiger partial charge in [-0.3, -0.25) is 9.10 Å². The normalized spacial score (nSPS) is 11.0. The first-order chi connectivity index (χ1) is 13.5. The van der Waals surface area contributed by atoms with Crippen molar-refractivity contribution in [3.8, 4) is 0 Å². The van der Waals surface area contributed by atoms with Crippen LogP contribution in [0.15, 0.2) is 89.8 Å². The molecule has 6 heteroatoms. The summed E-state index contributed by atoms with van der Waals surface area (Å²) in [5, 5.41) is 2.72. The average molecular weight is 394 g/mol. The monoisotopic (exact) mass is 394 g/mol. The molecule has 0 fully saturated rings. The zero-order valence-electron chi connectivity index (χ0n) is 15.6. The fourth-order valence-electron chi connectivity index (χ4n) is 2.75. The van der Waals surface area contributed by atoms with Crippen molar-refractivity contribution in [2.75, 3.05) is 9.62 Å². The van der Waals surface area contributed by atoms with E-state index in [0.717, 1.165) is 5.56 Å². The summed E-state index contributed by atoms with van der Waals surface area (Å²) in [6.07, 6.45) is 0.360. The summed E-state index contributed by atoms with van der Waals surface area (Å²) in [7, 11) is -3.78. The van der Waals surface area contributed by atoms with Gasteiger partial charge in [0.2, 0.25) is 5.91 Å². The van der Waals surface area contributed by atoms with Crippen LogP contribution in [0.2, 0.25) is 0 Å². The van der Waals surface area contributed by atoms with Crippen molar-refractivity contribution in [2.24, 2.45) is 0 Å². The number of carbonyl (C=O) groups excluding carboxylic acids is 1. The topological polar surface area (TPSA) is 66.5 Å². The Morgan fingerprint density at radius 2 is 1.43 bits per heavy atom. The largest absolute Gasteiger partial charge is 0.326 e. The number of hydrogen-bond acceptors (Lipinski definition) is 3. The molecule has 0 radical (unpaired) electrons. The molecular weight excluding hydrogens is 372 g/mol. The van der Waals surface area contributed by atoms with Gasteiger partial charge >= 0.3 is 0 Å². The summed E-state index contributed by atoms with van der Waals surface area (Å²) in [6, 6.07) is 24.7. The van der Waals surface area contributed by atoms with Crippen molar-refractivity contribution in [1.82, 2.24) is 0 Å². The zero-order chi connectivity index (χ0) is 20.0. The van der Waals surface area contributed by atoms with Gasteiger partial charge in [0, 0.05) is 12.1 Å². The summed E-state index contributed by atoms with van der Waals surface area (Å²) < 4.78 is 28.1.